The Kier molecular flexibility index (Phi) is 7.39. The van der Waals surface area contributed by atoms with Crippen molar-refractivity contribution in [3.8, 4) is 0 Å². The molecule has 0 atom stereocenters. The summed E-state index contributed by atoms with van der Waals surface area (Å²) in [6, 6.07) is 0. The lowest BCUT2D eigenvalue weighted by molar-refractivity contribution is -0.120. The van der Waals surface area contributed by atoms with Crippen molar-refractivity contribution in [2.24, 2.45) is 0 Å². The zero-order valence-corrected chi connectivity index (χ0v) is 10.7. The Labute approximate surface area is 94.0 Å². The molecule has 3 heteroatoms. The number of hydrogen-bond acceptors (Lipinski definition) is 2. The van der Waals surface area contributed by atoms with E-state index in [2.05, 4.69) is 31.4 Å². The first-order valence-electron chi connectivity index (χ1n) is 5.97. The third-order valence-corrected chi connectivity index (χ3v) is 2.15. The molecule has 0 saturated carbocycles. The van der Waals surface area contributed by atoms with Crippen LogP contribution in [0.15, 0.2) is 0 Å². The molecular weight excluding hydrogens is 188 g/mol. The van der Waals surface area contributed by atoms with Crippen LogP contribution in [0, 0.1) is 0 Å². The van der Waals surface area contributed by atoms with Crippen LogP contribution in [0.1, 0.15) is 53.4 Å². The minimum absolute atomic E-state index is 0.155. The summed E-state index contributed by atoms with van der Waals surface area (Å²) < 4.78 is 0. The van der Waals surface area contributed by atoms with Crippen LogP contribution >= 0.6 is 0 Å². The monoisotopic (exact) mass is 214 g/mol. The molecular formula is C12H26N2O. The molecule has 0 rings (SSSR count). The predicted molar refractivity (Wildman–Crippen MR) is 64.9 cm³/mol. The SMILES string of the molecule is CCC(=O)NCCCCCNC(C)(C)C. The molecule has 15 heavy (non-hydrogen) atoms. The maximum atomic E-state index is 10.9. The average molecular weight is 214 g/mol. The van der Waals surface area contributed by atoms with Crippen molar-refractivity contribution in [1.29, 1.82) is 0 Å². The molecule has 0 radical (unpaired) electrons. The topological polar surface area (TPSA) is 41.1 Å². The Bertz CT molecular complexity index is 173. The van der Waals surface area contributed by atoms with Crippen LogP contribution in [0.5, 0.6) is 0 Å². The van der Waals surface area contributed by atoms with Crippen LogP contribution in [0.2, 0.25) is 0 Å². The zero-order valence-electron chi connectivity index (χ0n) is 10.7. The highest BCUT2D eigenvalue weighted by atomic mass is 16.1. The van der Waals surface area contributed by atoms with Gasteiger partial charge in [0.05, 0.1) is 0 Å². The van der Waals surface area contributed by atoms with Crippen molar-refractivity contribution in [3.63, 3.8) is 0 Å². The van der Waals surface area contributed by atoms with Crippen LogP contribution < -0.4 is 10.6 Å². The smallest absolute Gasteiger partial charge is 0.219 e. The van der Waals surface area contributed by atoms with Gasteiger partial charge < -0.3 is 10.6 Å². The molecule has 90 valence electrons. The molecule has 0 unspecified atom stereocenters. The number of amides is 1. The molecule has 1 amide bonds. The van der Waals surface area contributed by atoms with Gasteiger partial charge in [0.25, 0.3) is 0 Å². The van der Waals surface area contributed by atoms with Gasteiger partial charge >= 0.3 is 0 Å². The number of rotatable bonds is 7. The van der Waals surface area contributed by atoms with E-state index >= 15 is 0 Å². The summed E-state index contributed by atoms with van der Waals surface area (Å²) >= 11 is 0. The third kappa shape index (κ3) is 11.4. The second-order valence-corrected chi connectivity index (χ2v) is 4.94. The van der Waals surface area contributed by atoms with Gasteiger partial charge in [-0.1, -0.05) is 13.3 Å². The molecule has 3 nitrogen and oxygen atoms in total. The van der Waals surface area contributed by atoms with Crippen molar-refractivity contribution in [2.45, 2.75) is 58.9 Å². The summed E-state index contributed by atoms with van der Waals surface area (Å²) in [4.78, 5) is 10.9. The van der Waals surface area contributed by atoms with Gasteiger partial charge in [0, 0.05) is 18.5 Å². The number of nitrogens with one attached hydrogen (secondary N) is 2. The Morgan fingerprint density at radius 1 is 1.07 bits per heavy atom. The van der Waals surface area contributed by atoms with Crippen LogP contribution in [-0.2, 0) is 4.79 Å². The molecule has 0 bridgehead atoms. The summed E-state index contributed by atoms with van der Waals surface area (Å²) in [6.45, 7) is 10.3. The molecule has 0 aromatic rings. The Hall–Kier alpha value is -0.570. The molecule has 0 spiro atoms. The van der Waals surface area contributed by atoms with Gasteiger partial charge in [-0.3, -0.25) is 4.79 Å². The molecule has 0 aliphatic heterocycles. The minimum atomic E-state index is 0.155. The van der Waals surface area contributed by atoms with E-state index in [1.165, 1.54) is 12.8 Å². The van der Waals surface area contributed by atoms with E-state index < -0.39 is 0 Å². The fourth-order valence-corrected chi connectivity index (χ4v) is 1.24. The van der Waals surface area contributed by atoms with Gasteiger partial charge in [0.1, 0.15) is 0 Å². The predicted octanol–water partition coefficient (Wildman–Crippen LogP) is 2.07. The van der Waals surface area contributed by atoms with Crippen LogP contribution in [-0.4, -0.2) is 24.5 Å². The van der Waals surface area contributed by atoms with E-state index in [-0.39, 0.29) is 11.4 Å². The number of hydrogen-bond donors (Lipinski definition) is 2. The quantitative estimate of drug-likeness (QED) is 0.637. The van der Waals surface area contributed by atoms with Gasteiger partial charge in [-0.2, -0.15) is 0 Å². The van der Waals surface area contributed by atoms with E-state index in [4.69, 9.17) is 0 Å². The number of carbonyl (C=O) groups excluding carboxylic acids is 1. The normalized spacial score (nSPS) is 11.5. The molecule has 0 fully saturated rings. The lowest BCUT2D eigenvalue weighted by atomic mass is 10.1. The van der Waals surface area contributed by atoms with Crippen LogP contribution in [0.3, 0.4) is 0 Å². The van der Waals surface area contributed by atoms with E-state index in [9.17, 15) is 4.79 Å². The number of carbonyl (C=O) groups is 1. The summed E-state index contributed by atoms with van der Waals surface area (Å²) in [6.07, 6.45) is 4.02. The lowest BCUT2D eigenvalue weighted by Gasteiger charge is -2.20. The second kappa shape index (κ2) is 7.69. The Balaban J connectivity index is 3.16. The highest BCUT2D eigenvalue weighted by Gasteiger charge is 2.06. The third-order valence-electron chi connectivity index (χ3n) is 2.15. The molecule has 0 saturated heterocycles. The molecule has 0 aliphatic carbocycles. The fourth-order valence-electron chi connectivity index (χ4n) is 1.24. The maximum Gasteiger partial charge on any atom is 0.219 e. The fraction of sp³-hybridized carbons (Fsp3) is 0.917. The zero-order chi connectivity index (χ0) is 11.7. The van der Waals surface area contributed by atoms with Gasteiger partial charge in [0.15, 0.2) is 0 Å². The summed E-state index contributed by atoms with van der Waals surface area (Å²) in [5, 5.41) is 6.33. The average Bonchev–Trinajstić information content (AvgIpc) is 2.14. The van der Waals surface area contributed by atoms with E-state index in [1.807, 2.05) is 6.92 Å². The highest BCUT2D eigenvalue weighted by molar-refractivity contribution is 5.75. The molecule has 0 aromatic heterocycles. The Morgan fingerprint density at radius 2 is 1.67 bits per heavy atom. The summed E-state index contributed by atoms with van der Waals surface area (Å²) in [7, 11) is 0. The van der Waals surface area contributed by atoms with Crippen LogP contribution in [0.25, 0.3) is 0 Å². The van der Waals surface area contributed by atoms with Crippen molar-refractivity contribution in [1.82, 2.24) is 10.6 Å². The second-order valence-electron chi connectivity index (χ2n) is 4.94. The van der Waals surface area contributed by atoms with E-state index in [0.717, 1.165) is 19.5 Å². The summed E-state index contributed by atoms with van der Waals surface area (Å²) in [5.41, 5.74) is 0.219. The first-order valence-corrected chi connectivity index (χ1v) is 5.97. The first kappa shape index (κ1) is 14.4. The van der Waals surface area contributed by atoms with Gasteiger partial charge in [-0.05, 0) is 40.2 Å². The van der Waals surface area contributed by atoms with Crippen LogP contribution in [0.4, 0.5) is 0 Å². The number of unbranched alkanes of at least 4 members (excludes halogenated alkanes) is 2. The first-order chi connectivity index (χ1) is 6.95. The molecule has 2 N–H and O–H groups in total. The van der Waals surface area contributed by atoms with E-state index in [1.54, 1.807) is 0 Å². The standard InChI is InChI=1S/C12H26N2O/c1-5-11(15)13-9-7-6-8-10-14-12(2,3)4/h14H,5-10H2,1-4H3,(H,13,15). The maximum absolute atomic E-state index is 10.9. The minimum Gasteiger partial charge on any atom is -0.356 e. The van der Waals surface area contributed by atoms with Crippen molar-refractivity contribution in [2.75, 3.05) is 13.1 Å². The highest BCUT2D eigenvalue weighted by Crippen LogP contribution is 2.00. The lowest BCUT2D eigenvalue weighted by Crippen LogP contribution is -2.36. The van der Waals surface area contributed by atoms with E-state index in [0.29, 0.717) is 6.42 Å². The van der Waals surface area contributed by atoms with Gasteiger partial charge in [-0.15, -0.1) is 0 Å². The van der Waals surface area contributed by atoms with Gasteiger partial charge in [-0.25, -0.2) is 0 Å². The summed E-state index contributed by atoms with van der Waals surface area (Å²) in [5.74, 6) is 0.155. The Morgan fingerprint density at radius 3 is 2.20 bits per heavy atom. The van der Waals surface area contributed by atoms with Crippen molar-refractivity contribution in [3.05, 3.63) is 0 Å². The largest absolute Gasteiger partial charge is 0.356 e. The molecule has 0 aromatic carbocycles. The van der Waals surface area contributed by atoms with Crippen molar-refractivity contribution >= 4 is 5.91 Å². The van der Waals surface area contributed by atoms with Crippen molar-refractivity contribution < 1.29 is 4.79 Å². The molecule has 0 aliphatic rings. The van der Waals surface area contributed by atoms with Gasteiger partial charge in [0.2, 0.25) is 5.91 Å². The molecule has 0 heterocycles.